The van der Waals surface area contributed by atoms with Crippen LogP contribution in [0.5, 0.6) is 0 Å². The second-order valence-corrected chi connectivity index (χ2v) is 6.07. The Morgan fingerprint density at radius 1 is 1.29 bits per heavy atom. The second kappa shape index (κ2) is 5.99. The Hall–Kier alpha value is -2.30. The minimum absolute atomic E-state index is 0.104. The molecule has 0 fully saturated rings. The molecular weight excluding hydrogens is 266 g/mol. The van der Waals surface area contributed by atoms with E-state index >= 15 is 0 Å². The minimum atomic E-state index is -0.141. The third-order valence-corrected chi connectivity index (χ3v) is 3.12. The number of hydrogen-bond acceptors (Lipinski definition) is 4. The van der Waals surface area contributed by atoms with Crippen LogP contribution in [0.2, 0.25) is 0 Å². The summed E-state index contributed by atoms with van der Waals surface area (Å²) >= 11 is 0. The van der Waals surface area contributed by atoms with Crippen LogP contribution in [0.3, 0.4) is 0 Å². The monoisotopic (exact) mass is 287 g/mol. The molecule has 0 saturated carbocycles. The standard InChI is InChI=1S/C16H21N3O2/c1-16(2,3)13-10-15(21-18-13)17-14(20)11-19(4)12-8-6-5-7-9-12/h5-10H,11H2,1-4H3,(H,17,20). The summed E-state index contributed by atoms with van der Waals surface area (Å²) in [4.78, 5) is 13.9. The number of carbonyl (C=O) groups is 1. The fourth-order valence-corrected chi connectivity index (χ4v) is 1.85. The number of benzene rings is 1. The molecule has 1 heterocycles. The first-order valence-corrected chi connectivity index (χ1v) is 6.89. The van der Waals surface area contributed by atoms with E-state index in [1.165, 1.54) is 0 Å². The Bertz CT molecular complexity index is 599. The number of amides is 1. The van der Waals surface area contributed by atoms with E-state index in [2.05, 4.69) is 10.5 Å². The van der Waals surface area contributed by atoms with Crippen molar-refractivity contribution in [1.82, 2.24) is 5.16 Å². The van der Waals surface area contributed by atoms with Crippen molar-refractivity contribution in [3.05, 3.63) is 42.1 Å². The van der Waals surface area contributed by atoms with Crippen LogP contribution in [0.15, 0.2) is 40.9 Å². The summed E-state index contributed by atoms with van der Waals surface area (Å²) in [5, 5.41) is 6.70. The van der Waals surface area contributed by atoms with Gasteiger partial charge >= 0.3 is 0 Å². The van der Waals surface area contributed by atoms with Crippen LogP contribution < -0.4 is 10.2 Å². The molecule has 0 atom stereocenters. The van der Waals surface area contributed by atoms with E-state index in [-0.39, 0.29) is 17.9 Å². The molecule has 21 heavy (non-hydrogen) atoms. The number of carbonyl (C=O) groups excluding carboxylic acids is 1. The van der Waals surface area contributed by atoms with Gasteiger partial charge in [-0.15, -0.1) is 0 Å². The Balaban J connectivity index is 1.94. The van der Waals surface area contributed by atoms with Gasteiger partial charge in [-0.2, -0.15) is 0 Å². The van der Waals surface area contributed by atoms with E-state index in [1.807, 2.05) is 63.1 Å². The van der Waals surface area contributed by atoms with Crippen molar-refractivity contribution in [2.75, 3.05) is 23.8 Å². The molecule has 2 rings (SSSR count). The molecule has 1 amide bonds. The quantitative estimate of drug-likeness (QED) is 0.939. The summed E-state index contributed by atoms with van der Waals surface area (Å²) in [5.74, 6) is 0.240. The van der Waals surface area contributed by atoms with E-state index in [1.54, 1.807) is 6.07 Å². The summed E-state index contributed by atoms with van der Waals surface area (Å²) < 4.78 is 5.15. The lowest BCUT2D eigenvalue weighted by Crippen LogP contribution is -2.29. The number of hydrogen-bond donors (Lipinski definition) is 1. The Morgan fingerprint density at radius 3 is 2.52 bits per heavy atom. The average Bonchev–Trinajstić information content (AvgIpc) is 2.88. The molecule has 112 valence electrons. The van der Waals surface area contributed by atoms with Gasteiger partial charge in [0.05, 0.1) is 12.2 Å². The van der Waals surface area contributed by atoms with Crippen LogP contribution in [0.4, 0.5) is 11.6 Å². The van der Waals surface area contributed by atoms with Gasteiger partial charge in [0.25, 0.3) is 0 Å². The molecule has 0 aliphatic rings. The summed E-state index contributed by atoms with van der Waals surface area (Å²) in [6, 6.07) is 11.5. The van der Waals surface area contributed by atoms with E-state index in [0.717, 1.165) is 11.4 Å². The molecule has 0 bridgehead atoms. The maximum atomic E-state index is 12.0. The van der Waals surface area contributed by atoms with Crippen LogP contribution in [-0.2, 0) is 10.2 Å². The fraction of sp³-hybridized carbons (Fsp3) is 0.375. The first-order chi connectivity index (χ1) is 9.86. The van der Waals surface area contributed by atoms with Crippen LogP contribution in [-0.4, -0.2) is 24.7 Å². The van der Waals surface area contributed by atoms with Gasteiger partial charge in [-0.1, -0.05) is 44.1 Å². The van der Waals surface area contributed by atoms with Crippen molar-refractivity contribution in [2.24, 2.45) is 0 Å². The van der Waals surface area contributed by atoms with Gasteiger partial charge in [0.2, 0.25) is 11.8 Å². The highest BCUT2D eigenvalue weighted by Gasteiger charge is 2.19. The van der Waals surface area contributed by atoms with Gasteiger partial charge < -0.3 is 9.42 Å². The molecule has 0 aliphatic carbocycles. The van der Waals surface area contributed by atoms with Crippen molar-refractivity contribution >= 4 is 17.5 Å². The first kappa shape index (κ1) is 15.1. The van der Waals surface area contributed by atoms with Gasteiger partial charge in [-0.05, 0) is 12.1 Å². The molecule has 5 nitrogen and oxygen atoms in total. The van der Waals surface area contributed by atoms with Gasteiger partial charge in [-0.25, -0.2) is 0 Å². The predicted molar refractivity (Wildman–Crippen MR) is 83.5 cm³/mol. The molecule has 1 aromatic heterocycles. The molecule has 2 aromatic rings. The number of nitrogens with one attached hydrogen (secondary N) is 1. The van der Waals surface area contributed by atoms with Crippen molar-refractivity contribution in [3.63, 3.8) is 0 Å². The first-order valence-electron chi connectivity index (χ1n) is 6.89. The molecule has 1 aromatic carbocycles. The zero-order valence-corrected chi connectivity index (χ0v) is 12.9. The number of anilines is 2. The topological polar surface area (TPSA) is 58.4 Å². The smallest absolute Gasteiger partial charge is 0.246 e. The molecule has 0 aliphatic heterocycles. The molecule has 0 unspecified atom stereocenters. The highest BCUT2D eigenvalue weighted by atomic mass is 16.5. The van der Waals surface area contributed by atoms with Crippen molar-refractivity contribution in [1.29, 1.82) is 0 Å². The summed E-state index contributed by atoms with van der Waals surface area (Å²) in [7, 11) is 1.87. The van der Waals surface area contributed by atoms with Crippen LogP contribution in [0.25, 0.3) is 0 Å². The predicted octanol–water partition coefficient (Wildman–Crippen LogP) is 3.05. The SMILES string of the molecule is CN(CC(=O)Nc1cc(C(C)(C)C)no1)c1ccccc1. The number of aromatic nitrogens is 1. The van der Waals surface area contributed by atoms with Gasteiger partial charge in [0.15, 0.2) is 0 Å². The van der Waals surface area contributed by atoms with Crippen molar-refractivity contribution in [3.8, 4) is 0 Å². The number of nitrogens with zero attached hydrogens (tertiary/aromatic N) is 2. The highest BCUT2D eigenvalue weighted by Crippen LogP contribution is 2.23. The van der Waals surface area contributed by atoms with Crippen molar-refractivity contribution < 1.29 is 9.32 Å². The summed E-state index contributed by atoms with van der Waals surface area (Å²) in [5.41, 5.74) is 1.70. The van der Waals surface area contributed by atoms with Crippen LogP contribution in [0.1, 0.15) is 26.5 Å². The lowest BCUT2D eigenvalue weighted by molar-refractivity contribution is -0.115. The van der Waals surface area contributed by atoms with Gasteiger partial charge in [0.1, 0.15) is 0 Å². The second-order valence-electron chi connectivity index (χ2n) is 6.07. The van der Waals surface area contributed by atoms with Gasteiger partial charge in [-0.3, -0.25) is 10.1 Å². The lowest BCUT2D eigenvalue weighted by Gasteiger charge is -2.17. The van der Waals surface area contributed by atoms with E-state index in [9.17, 15) is 4.79 Å². The summed E-state index contributed by atoms with van der Waals surface area (Å²) in [6.07, 6.45) is 0. The minimum Gasteiger partial charge on any atom is -0.365 e. The maximum Gasteiger partial charge on any atom is 0.246 e. The number of rotatable bonds is 4. The zero-order chi connectivity index (χ0) is 15.5. The largest absolute Gasteiger partial charge is 0.365 e. The normalized spacial score (nSPS) is 11.2. The van der Waals surface area contributed by atoms with Gasteiger partial charge in [0, 0.05) is 24.2 Å². The Labute approximate surface area is 124 Å². The highest BCUT2D eigenvalue weighted by molar-refractivity contribution is 5.92. The fourth-order valence-electron chi connectivity index (χ4n) is 1.85. The Morgan fingerprint density at radius 2 is 1.95 bits per heavy atom. The molecule has 0 spiro atoms. The van der Waals surface area contributed by atoms with Crippen LogP contribution >= 0.6 is 0 Å². The van der Waals surface area contributed by atoms with E-state index in [0.29, 0.717) is 5.88 Å². The van der Waals surface area contributed by atoms with Crippen LogP contribution in [0, 0.1) is 0 Å². The summed E-state index contributed by atoms with van der Waals surface area (Å²) in [6.45, 7) is 6.37. The average molecular weight is 287 g/mol. The molecular formula is C16H21N3O2. The zero-order valence-electron chi connectivity index (χ0n) is 12.9. The third-order valence-electron chi connectivity index (χ3n) is 3.12. The van der Waals surface area contributed by atoms with E-state index in [4.69, 9.17) is 4.52 Å². The third kappa shape index (κ3) is 4.08. The molecule has 0 radical (unpaired) electrons. The molecule has 1 N–H and O–H groups in total. The van der Waals surface area contributed by atoms with Crippen molar-refractivity contribution in [2.45, 2.75) is 26.2 Å². The number of likely N-dealkylation sites (N-methyl/N-ethyl adjacent to an activating group) is 1. The maximum absolute atomic E-state index is 12.0. The molecule has 5 heteroatoms. The molecule has 0 saturated heterocycles. The Kier molecular flexibility index (Phi) is 4.31. The lowest BCUT2D eigenvalue weighted by atomic mass is 9.92. The number of para-hydroxylation sites is 1. The van der Waals surface area contributed by atoms with E-state index < -0.39 is 0 Å².